The van der Waals surface area contributed by atoms with Crippen LogP contribution in [0.15, 0.2) is 18.3 Å². The first-order chi connectivity index (χ1) is 11.5. The highest BCUT2D eigenvalue weighted by Crippen LogP contribution is 2.58. The van der Waals surface area contributed by atoms with Crippen molar-refractivity contribution in [2.75, 3.05) is 0 Å². The van der Waals surface area contributed by atoms with Crippen molar-refractivity contribution >= 4 is 28.6 Å². The monoisotopic (exact) mass is 327 g/mol. The number of hydrogen-bond donors (Lipinski definition) is 1. The zero-order valence-corrected chi connectivity index (χ0v) is 13.2. The van der Waals surface area contributed by atoms with Crippen LogP contribution >= 0.6 is 0 Å². The summed E-state index contributed by atoms with van der Waals surface area (Å²) >= 11 is 0. The SMILES string of the molecule is CC(=O)c1nn(CC(=O)C2[C@H](C(=O)O)C[C@H]3C[C@@H]23)c2ncccc12. The van der Waals surface area contributed by atoms with Gasteiger partial charge >= 0.3 is 5.97 Å². The number of Topliss-reactive ketones (excluding diaryl/α,β-unsaturated/α-hetero) is 2. The van der Waals surface area contributed by atoms with Gasteiger partial charge in [-0.1, -0.05) is 0 Å². The lowest BCUT2D eigenvalue weighted by Gasteiger charge is -2.17. The highest BCUT2D eigenvalue weighted by atomic mass is 16.4. The van der Waals surface area contributed by atoms with Gasteiger partial charge in [-0.3, -0.25) is 14.4 Å². The molecule has 0 radical (unpaired) electrons. The van der Waals surface area contributed by atoms with Crippen molar-refractivity contribution in [2.45, 2.75) is 26.3 Å². The predicted octanol–water partition coefficient (Wildman–Crippen LogP) is 1.56. The van der Waals surface area contributed by atoms with Gasteiger partial charge in [-0.25, -0.2) is 9.67 Å². The second-order valence-electron chi connectivity index (χ2n) is 6.77. The zero-order chi connectivity index (χ0) is 17.0. The number of carboxylic acids is 1. The molecule has 0 bridgehead atoms. The molecule has 0 aliphatic heterocycles. The second kappa shape index (κ2) is 5.22. The minimum Gasteiger partial charge on any atom is -0.481 e. The molecule has 0 spiro atoms. The maximum atomic E-state index is 12.8. The first-order valence-electron chi connectivity index (χ1n) is 8.05. The molecule has 2 aliphatic carbocycles. The number of pyridine rings is 1. The summed E-state index contributed by atoms with van der Waals surface area (Å²) in [6.45, 7) is 1.38. The smallest absolute Gasteiger partial charge is 0.307 e. The summed E-state index contributed by atoms with van der Waals surface area (Å²) in [5, 5.41) is 14.2. The number of aromatic nitrogens is 3. The van der Waals surface area contributed by atoms with E-state index in [0.29, 0.717) is 23.4 Å². The normalized spacial score (nSPS) is 27.9. The van der Waals surface area contributed by atoms with E-state index in [-0.39, 0.29) is 29.7 Å². The Balaban J connectivity index is 1.66. The predicted molar refractivity (Wildman–Crippen MR) is 83.4 cm³/mol. The molecular weight excluding hydrogens is 310 g/mol. The van der Waals surface area contributed by atoms with Gasteiger partial charge in [-0.05, 0) is 36.8 Å². The molecular formula is C17H17N3O4. The van der Waals surface area contributed by atoms with Crippen LogP contribution < -0.4 is 0 Å². The molecule has 0 amide bonds. The third-order valence-corrected chi connectivity index (χ3v) is 5.26. The summed E-state index contributed by atoms with van der Waals surface area (Å²) < 4.78 is 1.43. The first-order valence-corrected chi connectivity index (χ1v) is 8.05. The van der Waals surface area contributed by atoms with Gasteiger partial charge in [0.2, 0.25) is 0 Å². The molecule has 2 fully saturated rings. The minimum absolute atomic E-state index is 0.0432. The Kier molecular flexibility index (Phi) is 3.26. The minimum atomic E-state index is -0.895. The average molecular weight is 327 g/mol. The quantitative estimate of drug-likeness (QED) is 0.836. The van der Waals surface area contributed by atoms with Crippen LogP contribution in [-0.2, 0) is 16.1 Å². The molecule has 1 N–H and O–H groups in total. The lowest BCUT2D eigenvalue weighted by atomic mass is 9.87. The van der Waals surface area contributed by atoms with E-state index in [4.69, 9.17) is 0 Å². The van der Waals surface area contributed by atoms with Crippen LogP contribution in [0, 0.1) is 23.7 Å². The number of carbonyl (C=O) groups is 3. The molecule has 1 unspecified atom stereocenters. The van der Waals surface area contributed by atoms with Crippen LogP contribution in [0.25, 0.3) is 11.0 Å². The third-order valence-electron chi connectivity index (χ3n) is 5.26. The number of carbonyl (C=O) groups excluding carboxylic acids is 2. The van der Waals surface area contributed by atoms with Crippen LogP contribution in [0.5, 0.6) is 0 Å². The van der Waals surface area contributed by atoms with E-state index in [1.165, 1.54) is 11.6 Å². The topological polar surface area (TPSA) is 102 Å². The Morgan fingerprint density at radius 3 is 2.83 bits per heavy atom. The van der Waals surface area contributed by atoms with Gasteiger partial charge < -0.3 is 5.11 Å². The molecule has 24 heavy (non-hydrogen) atoms. The Morgan fingerprint density at radius 2 is 2.12 bits per heavy atom. The van der Waals surface area contributed by atoms with Crippen LogP contribution in [0.4, 0.5) is 0 Å². The summed E-state index contributed by atoms with van der Waals surface area (Å²) in [6, 6.07) is 3.47. The number of ketones is 2. The van der Waals surface area contributed by atoms with Crippen molar-refractivity contribution in [3.8, 4) is 0 Å². The molecule has 2 heterocycles. The van der Waals surface area contributed by atoms with Gasteiger partial charge in [0, 0.05) is 19.0 Å². The van der Waals surface area contributed by atoms with Crippen LogP contribution in [-0.4, -0.2) is 37.4 Å². The maximum absolute atomic E-state index is 12.8. The highest BCUT2D eigenvalue weighted by molar-refractivity contribution is 6.04. The number of aliphatic carboxylic acids is 1. The highest BCUT2D eigenvalue weighted by Gasteiger charge is 2.58. The number of hydrogen-bond acceptors (Lipinski definition) is 5. The Hall–Kier alpha value is -2.57. The van der Waals surface area contributed by atoms with Crippen LogP contribution in [0.2, 0.25) is 0 Å². The molecule has 7 heteroatoms. The van der Waals surface area contributed by atoms with Crippen LogP contribution in [0.1, 0.15) is 30.3 Å². The van der Waals surface area contributed by atoms with Gasteiger partial charge in [0.05, 0.1) is 11.3 Å². The Labute approximate surface area is 137 Å². The van der Waals surface area contributed by atoms with Crippen molar-refractivity contribution in [1.82, 2.24) is 14.8 Å². The molecule has 2 aromatic heterocycles. The van der Waals surface area contributed by atoms with E-state index >= 15 is 0 Å². The van der Waals surface area contributed by atoms with E-state index in [0.717, 1.165) is 6.42 Å². The Morgan fingerprint density at radius 1 is 1.33 bits per heavy atom. The van der Waals surface area contributed by atoms with Crippen molar-refractivity contribution in [3.05, 3.63) is 24.0 Å². The summed E-state index contributed by atoms with van der Waals surface area (Å²) in [6.07, 6.45) is 3.12. The third kappa shape index (κ3) is 2.23. The fourth-order valence-corrected chi connectivity index (χ4v) is 4.10. The van der Waals surface area contributed by atoms with Gasteiger partial charge in [-0.15, -0.1) is 0 Å². The molecule has 4 atom stereocenters. The van der Waals surface area contributed by atoms with E-state index in [2.05, 4.69) is 10.1 Å². The average Bonchev–Trinajstić information content (AvgIpc) is 3.04. The van der Waals surface area contributed by atoms with Gasteiger partial charge in [0.15, 0.2) is 17.2 Å². The van der Waals surface area contributed by atoms with Crippen molar-refractivity contribution < 1.29 is 19.5 Å². The summed E-state index contributed by atoms with van der Waals surface area (Å²) in [5.41, 5.74) is 0.768. The molecule has 124 valence electrons. The first kappa shape index (κ1) is 15.0. The van der Waals surface area contributed by atoms with Crippen LogP contribution in [0.3, 0.4) is 0 Å². The van der Waals surface area contributed by atoms with Gasteiger partial charge in [0.25, 0.3) is 0 Å². The van der Waals surface area contributed by atoms with E-state index in [1.54, 1.807) is 18.3 Å². The fraction of sp³-hybridized carbons (Fsp3) is 0.471. The van der Waals surface area contributed by atoms with Crippen molar-refractivity contribution in [3.63, 3.8) is 0 Å². The summed E-state index contributed by atoms with van der Waals surface area (Å²) in [4.78, 5) is 40.1. The molecule has 0 saturated heterocycles. The van der Waals surface area contributed by atoms with E-state index in [1.807, 2.05) is 0 Å². The number of nitrogens with zero attached hydrogens (tertiary/aromatic N) is 3. The van der Waals surface area contributed by atoms with Gasteiger partial charge in [-0.2, -0.15) is 5.10 Å². The lowest BCUT2D eigenvalue weighted by Crippen LogP contribution is -2.31. The Bertz CT molecular complexity index is 872. The number of fused-ring (bicyclic) bond motifs is 2. The van der Waals surface area contributed by atoms with E-state index in [9.17, 15) is 19.5 Å². The fourth-order valence-electron chi connectivity index (χ4n) is 4.10. The second-order valence-corrected chi connectivity index (χ2v) is 6.77. The largest absolute Gasteiger partial charge is 0.481 e. The summed E-state index contributed by atoms with van der Waals surface area (Å²) in [7, 11) is 0. The lowest BCUT2D eigenvalue weighted by molar-refractivity contribution is -0.146. The van der Waals surface area contributed by atoms with Crippen molar-refractivity contribution in [2.24, 2.45) is 23.7 Å². The van der Waals surface area contributed by atoms with Crippen molar-refractivity contribution in [1.29, 1.82) is 0 Å². The molecule has 2 aliphatic rings. The molecule has 2 saturated carbocycles. The standard InChI is InChI=1S/C17H17N3O4/c1-8(21)15-10-3-2-4-18-16(10)20(19-15)7-13(22)14-11-5-9(11)6-12(14)17(23)24/h2-4,9,11-12,14H,5-7H2,1H3,(H,23,24)/t9-,11-,12-,14?/m1/s1. The molecule has 4 rings (SSSR count). The number of carboxylic acid groups (broad SMARTS) is 1. The maximum Gasteiger partial charge on any atom is 0.307 e. The molecule has 2 aromatic rings. The number of rotatable bonds is 5. The molecule has 7 nitrogen and oxygen atoms in total. The van der Waals surface area contributed by atoms with Gasteiger partial charge in [0.1, 0.15) is 12.2 Å². The van der Waals surface area contributed by atoms with E-state index < -0.39 is 17.8 Å². The summed E-state index contributed by atoms with van der Waals surface area (Å²) in [5.74, 6) is -1.68. The zero-order valence-electron chi connectivity index (χ0n) is 13.2. The molecule has 0 aromatic carbocycles.